The molecule has 0 unspecified atom stereocenters. The molecule has 0 aliphatic carbocycles. The Kier molecular flexibility index (Phi) is 1.83. The topological polar surface area (TPSA) is 29.1 Å². The van der Waals surface area contributed by atoms with Crippen LogP contribution in [-0.2, 0) is 11.2 Å². The Labute approximate surface area is 81.1 Å². The summed E-state index contributed by atoms with van der Waals surface area (Å²) in [7, 11) is 0. The van der Waals surface area contributed by atoms with Gasteiger partial charge in [-0.25, -0.2) is 8.78 Å². The van der Waals surface area contributed by atoms with Crippen LogP contribution in [0.5, 0.6) is 0 Å². The number of fused-ring (bicyclic) bond motifs is 1. The molecule has 1 aliphatic rings. The average molecular weight is 248 g/mol. The first-order valence-electron chi connectivity index (χ1n) is 3.56. The summed E-state index contributed by atoms with van der Waals surface area (Å²) in [5, 5.41) is 2.43. The van der Waals surface area contributed by atoms with E-state index in [-0.39, 0.29) is 22.4 Å². The van der Waals surface area contributed by atoms with Gasteiger partial charge in [0, 0.05) is 11.3 Å². The van der Waals surface area contributed by atoms with Crippen LogP contribution in [-0.4, -0.2) is 5.91 Å². The van der Waals surface area contributed by atoms with Gasteiger partial charge in [0.1, 0.15) is 0 Å². The largest absolute Gasteiger partial charge is 0.325 e. The van der Waals surface area contributed by atoms with Crippen molar-refractivity contribution < 1.29 is 13.6 Å². The van der Waals surface area contributed by atoms with Crippen molar-refractivity contribution in [3.05, 3.63) is 27.7 Å². The number of carbonyl (C=O) groups is 1. The van der Waals surface area contributed by atoms with Gasteiger partial charge >= 0.3 is 0 Å². The summed E-state index contributed by atoms with van der Waals surface area (Å²) in [6, 6.07) is 1.36. The summed E-state index contributed by atoms with van der Waals surface area (Å²) >= 11 is 2.85. The zero-order chi connectivity index (χ0) is 9.59. The summed E-state index contributed by atoms with van der Waals surface area (Å²) in [6.45, 7) is 0. The minimum atomic E-state index is -0.956. The fraction of sp³-hybridized carbons (Fsp3) is 0.125. The van der Waals surface area contributed by atoms with Crippen molar-refractivity contribution in [2.75, 3.05) is 5.32 Å². The van der Waals surface area contributed by atoms with E-state index in [4.69, 9.17) is 0 Å². The quantitative estimate of drug-likeness (QED) is 0.701. The molecule has 0 fully saturated rings. The molecule has 68 valence electrons. The van der Waals surface area contributed by atoms with E-state index in [9.17, 15) is 13.6 Å². The maximum atomic E-state index is 13.1. The Bertz CT molecular complexity index is 406. The molecular weight excluding hydrogens is 244 g/mol. The first kappa shape index (κ1) is 8.62. The van der Waals surface area contributed by atoms with E-state index in [0.717, 1.165) is 0 Å². The summed E-state index contributed by atoms with van der Waals surface area (Å²) in [6.07, 6.45) is -0.0919. The molecule has 5 heteroatoms. The van der Waals surface area contributed by atoms with Crippen LogP contribution < -0.4 is 5.32 Å². The third-order valence-electron chi connectivity index (χ3n) is 1.87. The molecule has 0 radical (unpaired) electrons. The van der Waals surface area contributed by atoms with Crippen molar-refractivity contribution in [2.45, 2.75) is 6.42 Å². The van der Waals surface area contributed by atoms with Gasteiger partial charge in [0.05, 0.1) is 10.9 Å². The molecule has 0 atom stereocenters. The average Bonchev–Trinajstić information content (AvgIpc) is 2.42. The fourth-order valence-corrected chi connectivity index (χ4v) is 1.68. The Morgan fingerprint density at radius 2 is 2.08 bits per heavy atom. The lowest BCUT2D eigenvalue weighted by atomic mass is 10.1. The highest BCUT2D eigenvalue weighted by atomic mass is 79.9. The van der Waals surface area contributed by atoms with Gasteiger partial charge in [-0.1, -0.05) is 0 Å². The highest BCUT2D eigenvalue weighted by Gasteiger charge is 2.25. The van der Waals surface area contributed by atoms with E-state index in [1.807, 2.05) is 0 Å². The summed E-state index contributed by atoms with van der Waals surface area (Å²) < 4.78 is 26.1. The van der Waals surface area contributed by atoms with E-state index < -0.39 is 11.6 Å². The molecule has 1 N–H and O–H groups in total. The van der Waals surface area contributed by atoms with Gasteiger partial charge in [0.15, 0.2) is 11.6 Å². The van der Waals surface area contributed by atoms with Crippen molar-refractivity contribution in [3.63, 3.8) is 0 Å². The molecule has 1 aromatic carbocycles. The Hall–Kier alpha value is -0.970. The van der Waals surface area contributed by atoms with Crippen LogP contribution in [0.3, 0.4) is 0 Å². The van der Waals surface area contributed by atoms with Crippen molar-refractivity contribution >= 4 is 27.5 Å². The number of carbonyl (C=O) groups excluding carboxylic acids is 1. The second-order valence-electron chi connectivity index (χ2n) is 2.74. The normalized spacial score (nSPS) is 14.2. The van der Waals surface area contributed by atoms with Crippen molar-refractivity contribution in [3.8, 4) is 0 Å². The lowest BCUT2D eigenvalue weighted by molar-refractivity contribution is -0.115. The summed E-state index contributed by atoms with van der Waals surface area (Å²) in [5.74, 6) is -2.22. The molecule has 0 spiro atoms. The van der Waals surface area contributed by atoms with E-state index in [2.05, 4.69) is 21.2 Å². The number of halogens is 3. The van der Waals surface area contributed by atoms with Gasteiger partial charge in [0.2, 0.25) is 5.91 Å². The maximum Gasteiger partial charge on any atom is 0.228 e. The van der Waals surface area contributed by atoms with Crippen molar-refractivity contribution in [1.29, 1.82) is 0 Å². The van der Waals surface area contributed by atoms with Crippen LogP contribution in [0.4, 0.5) is 14.5 Å². The number of hydrogen-bond acceptors (Lipinski definition) is 1. The number of nitrogens with one attached hydrogen (secondary N) is 1. The smallest absolute Gasteiger partial charge is 0.228 e. The maximum absolute atomic E-state index is 13.1. The first-order chi connectivity index (χ1) is 6.09. The summed E-state index contributed by atoms with van der Waals surface area (Å²) in [5.41, 5.74) is 0.446. The number of anilines is 1. The molecule has 0 aromatic heterocycles. The molecular formula is C8H4BrF2NO. The van der Waals surface area contributed by atoms with Crippen molar-refractivity contribution in [2.24, 2.45) is 0 Å². The zero-order valence-electron chi connectivity index (χ0n) is 6.33. The SMILES string of the molecule is O=C1Cc2c(cc(Br)c(F)c2F)N1. The van der Waals surface area contributed by atoms with Crippen LogP contribution >= 0.6 is 15.9 Å². The monoisotopic (exact) mass is 247 g/mol. The standard InChI is InChI=1S/C8H4BrF2NO/c9-4-2-5-3(1-6(13)12-5)7(10)8(4)11/h2H,1H2,(H,12,13). The van der Waals surface area contributed by atoms with Crippen LogP contribution in [0.2, 0.25) is 0 Å². The number of hydrogen-bond donors (Lipinski definition) is 1. The minimum Gasteiger partial charge on any atom is -0.325 e. The highest BCUT2D eigenvalue weighted by molar-refractivity contribution is 9.10. The second kappa shape index (κ2) is 2.77. The van der Waals surface area contributed by atoms with E-state index >= 15 is 0 Å². The van der Waals surface area contributed by atoms with Gasteiger partial charge in [-0.3, -0.25) is 4.79 Å². The lowest BCUT2D eigenvalue weighted by Crippen LogP contribution is -2.03. The predicted molar refractivity (Wildman–Crippen MR) is 46.4 cm³/mol. The van der Waals surface area contributed by atoms with Gasteiger partial charge < -0.3 is 5.32 Å². The Morgan fingerprint density at radius 3 is 2.77 bits per heavy atom. The molecule has 1 amide bonds. The third kappa shape index (κ3) is 1.23. The lowest BCUT2D eigenvalue weighted by Gasteiger charge is -2.02. The van der Waals surface area contributed by atoms with Gasteiger partial charge in [0.25, 0.3) is 0 Å². The Morgan fingerprint density at radius 1 is 1.38 bits per heavy atom. The van der Waals surface area contributed by atoms with Gasteiger partial charge in [-0.15, -0.1) is 0 Å². The van der Waals surface area contributed by atoms with Gasteiger partial charge in [-0.05, 0) is 22.0 Å². The Balaban J connectivity index is 2.66. The third-order valence-corrected chi connectivity index (χ3v) is 2.45. The number of benzene rings is 1. The summed E-state index contributed by atoms with van der Waals surface area (Å²) in [4.78, 5) is 10.9. The number of rotatable bonds is 0. The second-order valence-corrected chi connectivity index (χ2v) is 3.59. The number of amides is 1. The van der Waals surface area contributed by atoms with Gasteiger partial charge in [-0.2, -0.15) is 0 Å². The van der Waals surface area contributed by atoms with Crippen LogP contribution in [0, 0.1) is 11.6 Å². The molecule has 2 nitrogen and oxygen atoms in total. The molecule has 1 heterocycles. The molecule has 0 saturated heterocycles. The fourth-order valence-electron chi connectivity index (χ4n) is 1.27. The van der Waals surface area contributed by atoms with Crippen LogP contribution in [0.15, 0.2) is 10.5 Å². The van der Waals surface area contributed by atoms with Crippen molar-refractivity contribution in [1.82, 2.24) is 0 Å². The zero-order valence-corrected chi connectivity index (χ0v) is 7.91. The van der Waals surface area contributed by atoms with E-state index in [1.165, 1.54) is 6.07 Å². The minimum absolute atomic E-state index is 0.0194. The van der Waals surface area contributed by atoms with Crippen LogP contribution in [0.25, 0.3) is 0 Å². The molecule has 1 aliphatic heterocycles. The molecule has 1 aromatic rings. The predicted octanol–water partition coefficient (Wildman–Crippen LogP) is 2.22. The van der Waals surface area contributed by atoms with Crippen LogP contribution in [0.1, 0.15) is 5.56 Å². The molecule has 0 saturated carbocycles. The first-order valence-corrected chi connectivity index (χ1v) is 4.35. The molecule has 2 rings (SSSR count). The molecule has 13 heavy (non-hydrogen) atoms. The highest BCUT2D eigenvalue weighted by Crippen LogP contribution is 2.31. The van der Waals surface area contributed by atoms with E-state index in [0.29, 0.717) is 5.69 Å². The van der Waals surface area contributed by atoms with E-state index in [1.54, 1.807) is 0 Å². The molecule has 0 bridgehead atoms.